The summed E-state index contributed by atoms with van der Waals surface area (Å²) < 4.78 is 1.80. The van der Waals surface area contributed by atoms with E-state index in [-0.39, 0.29) is 5.56 Å². The van der Waals surface area contributed by atoms with Gasteiger partial charge in [-0.25, -0.2) is 0 Å². The number of pyridine rings is 1. The van der Waals surface area contributed by atoms with E-state index in [1.807, 2.05) is 49.4 Å². The number of hydrogen-bond acceptors (Lipinski definition) is 2. The molecule has 0 spiro atoms. The number of aromatic amines is 1. The highest BCUT2D eigenvalue weighted by atomic mass is 16.1. The van der Waals surface area contributed by atoms with E-state index in [4.69, 9.17) is 0 Å². The van der Waals surface area contributed by atoms with Gasteiger partial charge in [-0.05, 0) is 25.1 Å². The Labute approximate surface area is 110 Å². The Hall–Kier alpha value is -2.62. The summed E-state index contributed by atoms with van der Waals surface area (Å²) >= 11 is 0. The average molecular weight is 251 g/mol. The molecule has 0 aliphatic carbocycles. The lowest BCUT2D eigenvalue weighted by Crippen LogP contribution is -2.05. The quantitative estimate of drug-likeness (QED) is 0.761. The number of benzene rings is 1. The van der Waals surface area contributed by atoms with E-state index in [0.717, 1.165) is 16.9 Å². The summed E-state index contributed by atoms with van der Waals surface area (Å²) in [6.07, 6.45) is 3.40. The Kier molecular flexibility index (Phi) is 2.76. The van der Waals surface area contributed by atoms with Crippen molar-refractivity contribution < 1.29 is 0 Å². The maximum Gasteiger partial charge on any atom is 0.272 e. The zero-order chi connectivity index (χ0) is 13.2. The van der Waals surface area contributed by atoms with Gasteiger partial charge >= 0.3 is 0 Å². The minimum absolute atomic E-state index is 0.102. The van der Waals surface area contributed by atoms with Gasteiger partial charge in [0.25, 0.3) is 5.56 Å². The molecule has 0 saturated heterocycles. The first-order valence-electron chi connectivity index (χ1n) is 6.05. The molecule has 0 radical (unpaired) electrons. The monoisotopic (exact) mass is 251 g/mol. The third-order valence-corrected chi connectivity index (χ3v) is 3.10. The van der Waals surface area contributed by atoms with Crippen LogP contribution in [-0.2, 0) is 0 Å². The molecular formula is C15H13N3O. The maximum absolute atomic E-state index is 12.1. The number of H-pyrrole nitrogens is 1. The Morgan fingerprint density at radius 1 is 1.11 bits per heavy atom. The van der Waals surface area contributed by atoms with Crippen LogP contribution in [0.3, 0.4) is 0 Å². The van der Waals surface area contributed by atoms with E-state index < -0.39 is 0 Å². The molecule has 1 aromatic carbocycles. The van der Waals surface area contributed by atoms with Crippen molar-refractivity contribution in [1.82, 2.24) is 14.8 Å². The van der Waals surface area contributed by atoms with E-state index in [9.17, 15) is 4.79 Å². The minimum Gasteiger partial charge on any atom is -0.267 e. The number of hydrogen-bond donors (Lipinski definition) is 1. The van der Waals surface area contributed by atoms with Gasteiger partial charge in [0, 0.05) is 18.0 Å². The highest BCUT2D eigenvalue weighted by Gasteiger charge is 2.13. The summed E-state index contributed by atoms with van der Waals surface area (Å²) in [5.41, 5.74) is 3.21. The third-order valence-electron chi connectivity index (χ3n) is 3.10. The van der Waals surface area contributed by atoms with Crippen molar-refractivity contribution in [1.29, 1.82) is 0 Å². The first-order valence-corrected chi connectivity index (χ1v) is 6.05. The van der Waals surface area contributed by atoms with Crippen LogP contribution in [0.2, 0.25) is 0 Å². The molecule has 0 fully saturated rings. The van der Waals surface area contributed by atoms with Crippen molar-refractivity contribution in [3.8, 4) is 16.8 Å². The molecule has 3 rings (SSSR count). The average Bonchev–Trinajstić information content (AvgIpc) is 2.76. The highest BCUT2D eigenvalue weighted by molar-refractivity contribution is 5.64. The number of nitrogens with zero attached hydrogens (tertiary/aromatic N) is 2. The minimum atomic E-state index is -0.102. The van der Waals surface area contributed by atoms with Gasteiger partial charge < -0.3 is 0 Å². The molecule has 3 aromatic rings. The summed E-state index contributed by atoms with van der Waals surface area (Å²) in [6.45, 7) is 1.92. The fourth-order valence-corrected chi connectivity index (χ4v) is 2.20. The van der Waals surface area contributed by atoms with Crippen molar-refractivity contribution in [2.75, 3.05) is 0 Å². The van der Waals surface area contributed by atoms with Gasteiger partial charge in [0.05, 0.1) is 16.9 Å². The molecule has 2 aromatic heterocycles. The van der Waals surface area contributed by atoms with E-state index in [0.29, 0.717) is 5.56 Å². The molecular weight excluding hydrogens is 238 g/mol. The number of nitrogens with one attached hydrogen (secondary N) is 1. The molecule has 0 unspecified atom stereocenters. The van der Waals surface area contributed by atoms with Gasteiger partial charge in [-0.3, -0.25) is 19.6 Å². The van der Waals surface area contributed by atoms with Gasteiger partial charge in [-0.1, -0.05) is 24.3 Å². The van der Waals surface area contributed by atoms with E-state index in [2.05, 4.69) is 10.1 Å². The molecule has 0 amide bonds. The highest BCUT2D eigenvalue weighted by Crippen LogP contribution is 2.20. The van der Waals surface area contributed by atoms with Crippen LogP contribution >= 0.6 is 0 Å². The first-order chi connectivity index (χ1) is 9.27. The van der Waals surface area contributed by atoms with Crippen LogP contribution in [0.1, 0.15) is 5.69 Å². The molecule has 4 heteroatoms. The normalized spacial score (nSPS) is 10.6. The zero-order valence-corrected chi connectivity index (χ0v) is 10.5. The van der Waals surface area contributed by atoms with Gasteiger partial charge in [0.15, 0.2) is 0 Å². The second-order valence-electron chi connectivity index (χ2n) is 4.31. The summed E-state index contributed by atoms with van der Waals surface area (Å²) in [6, 6.07) is 13.5. The first kappa shape index (κ1) is 11.5. The van der Waals surface area contributed by atoms with Gasteiger partial charge in [-0.15, -0.1) is 0 Å². The van der Waals surface area contributed by atoms with Crippen molar-refractivity contribution in [2.24, 2.45) is 0 Å². The second-order valence-corrected chi connectivity index (χ2v) is 4.31. The SMILES string of the molecule is Cc1c(-c2cccnc2)c(=O)[nH]n1-c1ccccc1. The smallest absolute Gasteiger partial charge is 0.267 e. The second kappa shape index (κ2) is 4.57. The van der Waals surface area contributed by atoms with Gasteiger partial charge in [0.2, 0.25) is 0 Å². The van der Waals surface area contributed by atoms with Crippen molar-refractivity contribution in [2.45, 2.75) is 6.92 Å². The van der Waals surface area contributed by atoms with E-state index in [1.165, 1.54) is 0 Å². The van der Waals surface area contributed by atoms with Crippen molar-refractivity contribution in [3.63, 3.8) is 0 Å². The standard InChI is InChI=1S/C15H13N3O/c1-11-14(12-6-5-9-16-10-12)15(19)17-18(11)13-7-3-2-4-8-13/h2-10H,1H3,(H,17,19). The van der Waals surface area contributed by atoms with Crippen LogP contribution in [0.4, 0.5) is 0 Å². The molecule has 4 nitrogen and oxygen atoms in total. The fraction of sp³-hybridized carbons (Fsp3) is 0.0667. The van der Waals surface area contributed by atoms with Crippen LogP contribution in [0.5, 0.6) is 0 Å². The van der Waals surface area contributed by atoms with Crippen LogP contribution in [0, 0.1) is 6.92 Å². The molecule has 0 aliphatic heterocycles. The van der Waals surface area contributed by atoms with Crippen LogP contribution in [0.25, 0.3) is 16.8 Å². The predicted octanol–water partition coefficient (Wildman–Crippen LogP) is 2.54. The molecule has 0 aliphatic rings. The summed E-state index contributed by atoms with van der Waals surface area (Å²) in [5.74, 6) is 0. The molecule has 0 saturated carbocycles. The molecule has 0 bridgehead atoms. The topological polar surface area (TPSA) is 50.7 Å². The lowest BCUT2D eigenvalue weighted by atomic mass is 10.1. The lowest BCUT2D eigenvalue weighted by molar-refractivity contribution is 0.834. The van der Waals surface area contributed by atoms with Gasteiger partial charge in [-0.2, -0.15) is 0 Å². The van der Waals surface area contributed by atoms with E-state index >= 15 is 0 Å². The van der Waals surface area contributed by atoms with Crippen LogP contribution < -0.4 is 5.56 Å². The number of rotatable bonds is 2. The van der Waals surface area contributed by atoms with Crippen LogP contribution in [-0.4, -0.2) is 14.8 Å². The summed E-state index contributed by atoms with van der Waals surface area (Å²) in [5, 5.41) is 2.86. The zero-order valence-electron chi connectivity index (χ0n) is 10.5. The Morgan fingerprint density at radius 3 is 2.58 bits per heavy atom. The third kappa shape index (κ3) is 1.97. The largest absolute Gasteiger partial charge is 0.272 e. The number of aromatic nitrogens is 3. The maximum atomic E-state index is 12.1. The van der Waals surface area contributed by atoms with Crippen molar-refractivity contribution in [3.05, 3.63) is 70.9 Å². The fourth-order valence-electron chi connectivity index (χ4n) is 2.20. The molecule has 2 heterocycles. The van der Waals surface area contributed by atoms with Gasteiger partial charge in [0.1, 0.15) is 0 Å². The Bertz CT molecular complexity index is 742. The Morgan fingerprint density at radius 2 is 1.89 bits per heavy atom. The molecule has 94 valence electrons. The number of para-hydroxylation sites is 1. The predicted molar refractivity (Wildman–Crippen MR) is 74.4 cm³/mol. The molecule has 19 heavy (non-hydrogen) atoms. The summed E-state index contributed by atoms with van der Waals surface area (Å²) in [7, 11) is 0. The molecule has 1 N–H and O–H groups in total. The Balaban J connectivity index is 2.20. The summed E-state index contributed by atoms with van der Waals surface area (Å²) in [4.78, 5) is 16.2. The van der Waals surface area contributed by atoms with Crippen molar-refractivity contribution >= 4 is 0 Å². The molecule has 0 atom stereocenters. The van der Waals surface area contributed by atoms with Crippen LogP contribution in [0.15, 0.2) is 59.7 Å². The lowest BCUT2D eigenvalue weighted by Gasteiger charge is -2.05. The van der Waals surface area contributed by atoms with E-state index in [1.54, 1.807) is 17.1 Å².